The van der Waals surface area contributed by atoms with E-state index in [1.54, 1.807) is 0 Å². The first-order valence-corrected chi connectivity index (χ1v) is 13.4. The molecule has 3 aliphatic rings. The summed E-state index contributed by atoms with van der Waals surface area (Å²) < 4.78 is 14.4. The summed E-state index contributed by atoms with van der Waals surface area (Å²) in [6.07, 6.45) is 8.45. The van der Waals surface area contributed by atoms with Gasteiger partial charge in [0.1, 0.15) is 5.67 Å². The highest BCUT2D eigenvalue weighted by molar-refractivity contribution is 5.94. The number of benzene rings is 2. The van der Waals surface area contributed by atoms with Crippen LogP contribution in [0.15, 0.2) is 48.5 Å². The van der Waals surface area contributed by atoms with Crippen LogP contribution in [-0.2, 0) is 6.42 Å². The number of likely N-dealkylation sites (tertiary alicyclic amines) is 2. The van der Waals surface area contributed by atoms with E-state index in [1.807, 2.05) is 17.0 Å². The van der Waals surface area contributed by atoms with Crippen LogP contribution in [0.2, 0.25) is 0 Å². The Morgan fingerprint density at radius 3 is 2.15 bits per heavy atom. The van der Waals surface area contributed by atoms with Crippen LogP contribution in [0.4, 0.5) is 4.39 Å². The normalized spacial score (nSPS) is 23.1. The van der Waals surface area contributed by atoms with Crippen LogP contribution in [0.1, 0.15) is 67.8 Å². The van der Waals surface area contributed by atoms with Crippen LogP contribution >= 0.6 is 0 Å². The molecule has 0 bridgehead atoms. The molecule has 1 saturated carbocycles. The van der Waals surface area contributed by atoms with Gasteiger partial charge in [-0.05, 0) is 105 Å². The van der Waals surface area contributed by atoms with Crippen LogP contribution in [0, 0.1) is 11.8 Å². The minimum absolute atomic E-state index is 0.157. The van der Waals surface area contributed by atoms with Gasteiger partial charge in [-0.2, -0.15) is 0 Å². The van der Waals surface area contributed by atoms with Crippen LogP contribution in [-0.4, -0.2) is 54.1 Å². The average molecular weight is 463 g/mol. The van der Waals surface area contributed by atoms with Gasteiger partial charge in [-0.1, -0.05) is 43.3 Å². The molecule has 2 saturated heterocycles. The zero-order valence-electron chi connectivity index (χ0n) is 20.6. The summed E-state index contributed by atoms with van der Waals surface area (Å²) in [4.78, 5) is 17.0. The molecule has 34 heavy (non-hydrogen) atoms. The Bertz CT molecular complexity index is 958. The quantitative estimate of drug-likeness (QED) is 0.477. The van der Waals surface area contributed by atoms with E-state index in [0.717, 1.165) is 75.3 Å². The summed E-state index contributed by atoms with van der Waals surface area (Å²) >= 11 is 0. The third-order valence-corrected chi connectivity index (χ3v) is 8.44. The van der Waals surface area contributed by atoms with E-state index < -0.39 is 5.67 Å². The first-order chi connectivity index (χ1) is 16.5. The molecule has 5 rings (SSSR count). The Morgan fingerprint density at radius 1 is 0.941 bits per heavy atom. The van der Waals surface area contributed by atoms with Crippen LogP contribution in [0.3, 0.4) is 0 Å². The van der Waals surface area contributed by atoms with E-state index in [2.05, 4.69) is 48.2 Å². The van der Waals surface area contributed by atoms with E-state index >= 15 is 0 Å². The minimum Gasteiger partial charge on any atom is -0.338 e. The number of rotatable bonds is 7. The maximum atomic E-state index is 14.4. The number of carbonyl (C=O) groups excluding carboxylic acids is 1. The molecule has 0 N–H and O–H groups in total. The molecule has 2 aromatic rings. The molecule has 0 aromatic heterocycles. The molecule has 2 aliphatic heterocycles. The van der Waals surface area contributed by atoms with Crippen molar-refractivity contribution in [3.8, 4) is 11.1 Å². The van der Waals surface area contributed by atoms with Crippen molar-refractivity contribution in [3.63, 3.8) is 0 Å². The molecule has 2 aromatic carbocycles. The summed E-state index contributed by atoms with van der Waals surface area (Å²) in [7, 11) is 0. The van der Waals surface area contributed by atoms with Crippen molar-refractivity contribution >= 4 is 5.91 Å². The largest absolute Gasteiger partial charge is 0.338 e. The van der Waals surface area contributed by atoms with Crippen molar-refractivity contribution in [2.45, 2.75) is 64.0 Å². The second-order valence-corrected chi connectivity index (χ2v) is 11.2. The van der Waals surface area contributed by atoms with Gasteiger partial charge in [-0.15, -0.1) is 0 Å². The number of nitrogens with zero attached hydrogens (tertiary/aromatic N) is 2. The van der Waals surface area contributed by atoms with Crippen molar-refractivity contribution in [2.75, 3.05) is 32.7 Å². The lowest BCUT2D eigenvalue weighted by Crippen LogP contribution is -2.47. The fourth-order valence-electron chi connectivity index (χ4n) is 5.89. The molecule has 0 spiro atoms. The van der Waals surface area contributed by atoms with Gasteiger partial charge < -0.3 is 9.80 Å². The van der Waals surface area contributed by atoms with Gasteiger partial charge in [0.25, 0.3) is 5.91 Å². The average Bonchev–Trinajstić information content (AvgIpc) is 3.29. The maximum absolute atomic E-state index is 14.4. The molecule has 182 valence electrons. The molecular formula is C30H39FN2O. The summed E-state index contributed by atoms with van der Waals surface area (Å²) in [5.74, 6) is 1.52. The zero-order valence-corrected chi connectivity index (χ0v) is 20.6. The van der Waals surface area contributed by atoms with Gasteiger partial charge in [0.2, 0.25) is 0 Å². The van der Waals surface area contributed by atoms with Crippen LogP contribution in [0.25, 0.3) is 11.1 Å². The van der Waals surface area contributed by atoms with E-state index in [9.17, 15) is 9.18 Å². The van der Waals surface area contributed by atoms with Gasteiger partial charge in [0, 0.05) is 25.2 Å². The lowest BCUT2D eigenvalue weighted by Gasteiger charge is -2.41. The fourth-order valence-corrected chi connectivity index (χ4v) is 5.89. The fraction of sp³-hybridized carbons (Fsp3) is 0.567. The highest BCUT2D eigenvalue weighted by Crippen LogP contribution is 2.37. The highest BCUT2D eigenvalue weighted by Gasteiger charge is 2.39. The Labute approximate surface area is 204 Å². The molecule has 1 unspecified atom stereocenters. The molecule has 1 atom stereocenters. The van der Waals surface area contributed by atoms with Crippen molar-refractivity contribution in [3.05, 3.63) is 59.7 Å². The first kappa shape index (κ1) is 23.5. The summed E-state index contributed by atoms with van der Waals surface area (Å²) in [6, 6.07) is 17.0. The van der Waals surface area contributed by atoms with Gasteiger partial charge in [0.15, 0.2) is 0 Å². The third kappa shape index (κ3) is 5.54. The van der Waals surface area contributed by atoms with Gasteiger partial charge >= 0.3 is 0 Å². The Balaban J connectivity index is 1.09. The third-order valence-electron chi connectivity index (χ3n) is 8.44. The molecule has 2 heterocycles. The smallest absolute Gasteiger partial charge is 0.253 e. The Morgan fingerprint density at radius 2 is 1.59 bits per heavy atom. The molecule has 3 nitrogen and oxygen atoms in total. The Hall–Kier alpha value is -2.20. The molecule has 1 aliphatic carbocycles. The van der Waals surface area contributed by atoms with Crippen molar-refractivity contribution in [1.82, 2.24) is 9.80 Å². The number of piperidine rings is 1. The lowest BCUT2D eigenvalue weighted by atomic mass is 9.81. The number of alkyl halides is 1. The summed E-state index contributed by atoms with van der Waals surface area (Å²) in [6.45, 7) is 6.74. The highest BCUT2D eigenvalue weighted by atomic mass is 19.1. The van der Waals surface area contributed by atoms with Gasteiger partial charge in [0.05, 0.1) is 0 Å². The standard InChI is InChI=1S/C30H39FN2O/c1-23-13-20-33(21-23)29(34)28-11-9-27(10-12-28)26-7-5-24(6-8-26)3-4-25-14-18-32(19-15-25)22-30(31)16-2-17-30/h5-12,23,25H,2-4,13-22H2,1H3. The molecule has 0 radical (unpaired) electrons. The van der Waals surface area contributed by atoms with Gasteiger partial charge in [-0.3, -0.25) is 4.79 Å². The number of carbonyl (C=O) groups is 1. The first-order valence-electron chi connectivity index (χ1n) is 13.4. The lowest BCUT2D eigenvalue weighted by molar-refractivity contribution is 0.00964. The van der Waals surface area contributed by atoms with Crippen molar-refractivity contribution < 1.29 is 9.18 Å². The molecule has 1 amide bonds. The predicted octanol–water partition coefficient (Wildman–Crippen LogP) is 6.37. The van der Waals surface area contributed by atoms with Crippen molar-refractivity contribution in [1.29, 1.82) is 0 Å². The van der Waals surface area contributed by atoms with E-state index in [-0.39, 0.29) is 5.91 Å². The summed E-state index contributed by atoms with van der Waals surface area (Å²) in [5, 5.41) is 0. The number of hydrogen-bond donors (Lipinski definition) is 0. The van der Waals surface area contributed by atoms with E-state index in [1.165, 1.54) is 30.4 Å². The second kappa shape index (κ2) is 10.2. The number of halogens is 1. The van der Waals surface area contributed by atoms with Gasteiger partial charge in [-0.25, -0.2) is 4.39 Å². The summed E-state index contributed by atoms with van der Waals surface area (Å²) in [5.41, 5.74) is 3.65. The number of amides is 1. The molecule has 3 fully saturated rings. The Kier molecular flexibility index (Phi) is 7.06. The number of aryl methyl sites for hydroxylation is 1. The van der Waals surface area contributed by atoms with Crippen LogP contribution < -0.4 is 0 Å². The SMILES string of the molecule is CC1CCN(C(=O)c2ccc(-c3ccc(CCC4CCN(CC5(F)CCC5)CC4)cc3)cc2)C1. The molecular weight excluding hydrogens is 423 g/mol. The number of hydrogen-bond acceptors (Lipinski definition) is 2. The topological polar surface area (TPSA) is 23.6 Å². The second-order valence-electron chi connectivity index (χ2n) is 11.2. The van der Waals surface area contributed by atoms with Crippen LogP contribution in [0.5, 0.6) is 0 Å². The predicted molar refractivity (Wildman–Crippen MR) is 137 cm³/mol. The minimum atomic E-state index is -0.878. The zero-order chi connectivity index (χ0) is 23.5. The molecule has 4 heteroatoms. The monoisotopic (exact) mass is 462 g/mol. The van der Waals surface area contributed by atoms with E-state index in [0.29, 0.717) is 12.5 Å². The van der Waals surface area contributed by atoms with E-state index in [4.69, 9.17) is 0 Å². The van der Waals surface area contributed by atoms with Crippen molar-refractivity contribution in [2.24, 2.45) is 11.8 Å². The maximum Gasteiger partial charge on any atom is 0.253 e.